The number of aryl methyl sites for hydroxylation is 1. The van der Waals surface area contributed by atoms with Crippen LogP contribution in [0.4, 0.5) is 0 Å². The number of aliphatic hydroxyl groups excluding tert-OH is 1. The minimum absolute atomic E-state index is 0.287. The quantitative estimate of drug-likeness (QED) is 0.629. The molecule has 2 N–H and O–H groups in total. The highest BCUT2D eigenvalue weighted by molar-refractivity contribution is 5.36. The number of aliphatic hydroxyl groups is 1. The summed E-state index contributed by atoms with van der Waals surface area (Å²) in [6, 6.07) is 6.14. The van der Waals surface area contributed by atoms with Gasteiger partial charge in [0.1, 0.15) is 0 Å². The number of hydrogen-bond donors (Lipinski definition) is 2. The molecule has 0 radical (unpaired) electrons. The first kappa shape index (κ1) is 8.73. The Morgan fingerprint density at radius 3 is 3.15 bits per heavy atom. The molecule has 1 aliphatic heterocycles. The van der Waals surface area contributed by atoms with Crippen LogP contribution < -0.4 is 5.32 Å². The highest BCUT2D eigenvalue weighted by Crippen LogP contribution is 2.25. The lowest BCUT2D eigenvalue weighted by molar-refractivity contribution is 0.170. The van der Waals surface area contributed by atoms with Crippen LogP contribution in [-0.4, -0.2) is 11.7 Å². The third-order valence-electron chi connectivity index (χ3n) is 2.70. The Balaban J connectivity index is 2.47. The lowest BCUT2D eigenvalue weighted by Crippen LogP contribution is -2.12. The van der Waals surface area contributed by atoms with Gasteiger partial charge in [0.2, 0.25) is 0 Å². The predicted molar refractivity (Wildman–Crippen MR) is 52.5 cm³/mol. The zero-order chi connectivity index (χ0) is 9.26. The topological polar surface area (TPSA) is 32.3 Å². The van der Waals surface area contributed by atoms with Gasteiger partial charge < -0.3 is 10.4 Å². The van der Waals surface area contributed by atoms with Crippen molar-refractivity contribution in [3.63, 3.8) is 0 Å². The Morgan fingerprint density at radius 1 is 1.46 bits per heavy atom. The second-order valence-electron chi connectivity index (χ2n) is 3.62. The van der Waals surface area contributed by atoms with E-state index in [2.05, 4.69) is 18.3 Å². The molecule has 0 saturated heterocycles. The molecule has 0 amide bonds. The third kappa shape index (κ3) is 1.60. The largest absolute Gasteiger partial charge is 0.388 e. The van der Waals surface area contributed by atoms with Crippen molar-refractivity contribution in [3.8, 4) is 0 Å². The van der Waals surface area contributed by atoms with Crippen LogP contribution in [0.25, 0.3) is 0 Å². The van der Waals surface area contributed by atoms with Crippen molar-refractivity contribution in [2.24, 2.45) is 0 Å². The number of rotatable bonds is 0. The monoisotopic (exact) mass is 177 g/mol. The van der Waals surface area contributed by atoms with Crippen LogP contribution in [0.5, 0.6) is 0 Å². The van der Waals surface area contributed by atoms with Gasteiger partial charge in [0.15, 0.2) is 0 Å². The second-order valence-corrected chi connectivity index (χ2v) is 3.62. The average Bonchev–Trinajstić information content (AvgIpc) is 2.30. The maximum atomic E-state index is 9.83. The summed E-state index contributed by atoms with van der Waals surface area (Å²) in [5, 5.41) is 13.1. The van der Waals surface area contributed by atoms with Gasteiger partial charge in [0.25, 0.3) is 0 Å². The highest BCUT2D eigenvalue weighted by atomic mass is 16.3. The van der Waals surface area contributed by atoms with E-state index in [1.807, 2.05) is 12.1 Å². The molecule has 2 heteroatoms. The van der Waals surface area contributed by atoms with Gasteiger partial charge in [-0.3, -0.25) is 0 Å². The van der Waals surface area contributed by atoms with Crippen molar-refractivity contribution in [2.45, 2.75) is 26.0 Å². The van der Waals surface area contributed by atoms with Crippen LogP contribution in [0.15, 0.2) is 18.2 Å². The lowest BCUT2D eigenvalue weighted by atomic mass is 9.98. The summed E-state index contributed by atoms with van der Waals surface area (Å²) in [6.07, 6.45) is 0.529. The van der Waals surface area contributed by atoms with Crippen molar-refractivity contribution < 1.29 is 5.11 Å². The zero-order valence-electron chi connectivity index (χ0n) is 7.88. The average molecular weight is 177 g/mol. The smallest absolute Gasteiger partial charge is 0.0805 e. The number of benzene rings is 1. The van der Waals surface area contributed by atoms with Gasteiger partial charge in [-0.15, -0.1) is 0 Å². The SMILES string of the molecule is Cc1cccc2c1CNCC[C@@H]2O. The fraction of sp³-hybridized carbons (Fsp3) is 0.455. The maximum absolute atomic E-state index is 9.83. The molecule has 1 heterocycles. The summed E-state index contributed by atoms with van der Waals surface area (Å²) in [5.74, 6) is 0. The Bertz CT molecular complexity index is 309. The summed E-state index contributed by atoms with van der Waals surface area (Å²) in [6.45, 7) is 3.88. The molecule has 0 bridgehead atoms. The normalized spacial score (nSPS) is 22.2. The van der Waals surface area contributed by atoms with E-state index in [-0.39, 0.29) is 6.10 Å². The Kier molecular flexibility index (Phi) is 2.34. The van der Waals surface area contributed by atoms with Crippen molar-refractivity contribution in [1.29, 1.82) is 0 Å². The first-order valence-electron chi connectivity index (χ1n) is 4.76. The summed E-state index contributed by atoms with van der Waals surface area (Å²) in [4.78, 5) is 0. The first-order chi connectivity index (χ1) is 6.29. The highest BCUT2D eigenvalue weighted by Gasteiger charge is 2.16. The molecule has 13 heavy (non-hydrogen) atoms. The van der Waals surface area contributed by atoms with Crippen LogP contribution in [0.3, 0.4) is 0 Å². The Labute approximate surface area is 78.6 Å². The zero-order valence-corrected chi connectivity index (χ0v) is 7.88. The van der Waals surface area contributed by atoms with E-state index in [1.165, 1.54) is 11.1 Å². The van der Waals surface area contributed by atoms with E-state index in [0.29, 0.717) is 0 Å². The minimum Gasteiger partial charge on any atom is -0.388 e. The van der Waals surface area contributed by atoms with Gasteiger partial charge >= 0.3 is 0 Å². The third-order valence-corrected chi connectivity index (χ3v) is 2.70. The molecule has 70 valence electrons. The van der Waals surface area contributed by atoms with Crippen molar-refractivity contribution >= 4 is 0 Å². The molecule has 0 spiro atoms. The van der Waals surface area contributed by atoms with Crippen molar-refractivity contribution in [2.75, 3.05) is 6.54 Å². The van der Waals surface area contributed by atoms with Crippen molar-refractivity contribution in [1.82, 2.24) is 5.32 Å². The molecule has 2 rings (SSSR count). The molecular weight excluding hydrogens is 162 g/mol. The van der Waals surface area contributed by atoms with Crippen molar-refractivity contribution in [3.05, 3.63) is 34.9 Å². The molecule has 2 nitrogen and oxygen atoms in total. The van der Waals surface area contributed by atoms with E-state index in [0.717, 1.165) is 25.1 Å². The molecule has 1 atom stereocenters. The van der Waals surface area contributed by atoms with Gasteiger partial charge in [-0.05, 0) is 36.6 Å². The van der Waals surface area contributed by atoms with E-state index < -0.39 is 0 Å². The molecular formula is C11H15NO. The molecule has 0 saturated carbocycles. The Hall–Kier alpha value is -0.860. The van der Waals surface area contributed by atoms with Crippen LogP contribution in [0.1, 0.15) is 29.2 Å². The lowest BCUT2D eigenvalue weighted by Gasteiger charge is -2.12. The van der Waals surface area contributed by atoms with E-state index in [9.17, 15) is 5.11 Å². The van der Waals surface area contributed by atoms with Crippen LogP contribution in [-0.2, 0) is 6.54 Å². The van der Waals surface area contributed by atoms with E-state index in [1.54, 1.807) is 0 Å². The molecule has 1 aromatic rings. The minimum atomic E-state index is -0.287. The van der Waals surface area contributed by atoms with Crippen LogP contribution in [0.2, 0.25) is 0 Å². The fourth-order valence-corrected chi connectivity index (χ4v) is 1.89. The van der Waals surface area contributed by atoms with E-state index >= 15 is 0 Å². The molecule has 0 aliphatic carbocycles. The van der Waals surface area contributed by atoms with E-state index in [4.69, 9.17) is 0 Å². The summed E-state index contributed by atoms with van der Waals surface area (Å²) in [5.41, 5.74) is 3.64. The van der Waals surface area contributed by atoms with Gasteiger partial charge in [0.05, 0.1) is 6.10 Å². The first-order valence-corrected chi connectivity index (χ1v) is 4.76. The van der Waals surface area contributed by atoms with Crippen LogP contribution in [0, 0.1) is 6.92 Å². The molecule has 1 aliphatic rings. The van der Waals surface area contributed by atoms with Gasteiger partial charge in [-0.2, -0.15) is 0 Å². The second kappa shape index (κ2) is 3.48. The van der Waals surface area contributed by atoms with Gasteiger partial charge in [0, 0.05) is 6.54 Å². The van der Waals surface area contributed by atoms with Crippen LogP contribution >= 0.6 is 0 Å². The maximum Gasteiger partial charge on any atom is 0.0805 e. The van der Waals surface area contributed by atoms with Gasteiger partial charge in [-0.1, -0.05) is 18.2 Å². The molecule has 0 fully saturated rings. The number of hydrogen-bond acceptors (Lipinski definition) is 2. The van der Waals surface area contributed by atoms with Gasteiger partial charge in [-0.25, -0.2) is 0 Å². The molecule has 1 aromatic carbocycles. The Morgan fingerprint density at radius 2 is 2.31 bits per heavy atom. The number of fused-ring (bicyclic) bond motifs is 1. The molecule has 0 unspecified atom stereocenters. The summed E-state index contributed by atoms with van der Waals surface area (Å²) >= 11 is 0. The predicted octanol–water partition coefficient (Wildman–Crippen LogP) is 1.52. The molecule has 0 aromatic heterocycles. The number of nitrogens with one attached hydrogen (secondary N) is 1. The standard InChI is InChI=1S/C11H15NO/c1-8-3-2-4-9-10(8)7-12-6-5-11(9)13/h2-4,11-13H,5-7H2,1H3/t11-/m0/s1. The summed E-state index contributed by atoms with van der Waals surface area (Å²) in [7, 11) is 0. The fourth-order valence-electron chi connectivity index (χ4n) is 1.89. The summed E-state index contributed by atoms with van der Waals surface area (Å²) < 4.78 is 0.